The van der Waals surface area contributed by atoms with E-state index in [2.05, 4.69) is 33.2 Å². The van der Waals surface area contributed by atoms with Gasteiger partial charge in [-0.25, -0.2) is 14.4 Å². The molecule has 1 aromatic carbocycles. The minimum atomic E-state index is -0.702. The molecule has 0 aliphatic heterocycles. The standard InChI is InChI=1S/C27H25FN4O2/c28-23-13-21(9-10-22(23)26-31-24-11-17(14-29)15-30-27(24)32-26)20-7-5-19(6-8-20)18-3-1-16(2-4-18)12-25(33)34/h5-7,9-11,13,15-16,18,20H,1-4,8,12H2,(H,33,34)(H,30,31,32). The summed E-state index contributed by atoms with van der Waals surface area (Å²) in [5, 5.41) is 18.0. The van der Waals surface area contributed by atoms with Crippen LogP contribution in [0.5, 0.6) is 0 Å². The van der Waals surface area contributed by atoms with E-state index in [1.807, 2.05) is 12.1 Å². The van der Waals surface area contributed by atoms with Gasteiger partial charge in [0.25, 0.3) is 0 Å². The van der Waals surface area contributed by atoms with Gasteiger partial charge in [-0.3, -0.25) is 4.79 Å². The number of imidazole rings is 1. The normalized spacial score (nSPS) is 22.4. The lowest BCUT2D eigenvalue weighted by atomic mass is 9.75. The Kier molecular flexibility index (Phi) is 5.97. The molecule has 3 aromatic rings. The highest BCUT2D eigenvalue weighted by Gasteiger charge is 2.26. The minimum absolute atomic E-state index is 0.117. The van der Waals surface area contributed by atoms with Crippen LogP contribution in [0.15, 0.2) is 54.3 Å². The fourth-order valence-corrected chi connectivity index (χ4v) is 5.18. The van der Waals surface area contributed by atoms with Gasteiger partial charge in [0.15, 0.2) is 5.65 Å². The zero-order valence-corrected chi connectivity index (χ0v) is 18.7. The Balaban J connectivity index is 1.26. The van der Waals surface area contributed by atoms with Gasteiger partial charge in [-0.15, -0.1) is 0 Å². The van der Waals surface area contributed by atoms with Crippen molar-refractivity contribution in [2.45, 2.75) is 44.4 Å². The number of fused-ring (bicyclic) bond motifs is 1. The number of aromatic nitrogens is 3. The predicted molar refractivity (Wildman–Crippen MR) is 126 cm³/mol. The van der Waals surface area contributed by atoms with Crippen molar-refractivity contribution in [3.8, 4) is 17.5 Å². The molecular formula is C27H25FN4O2. The van der Waals surface area contributed by atoms with E-state index in [0.29, 0.717) is 40.0 Å². The number of carboxylic acids is 1. The number of nitriles is 1. The Hall–Kier alpha value is -3.79. The first-order chi connectivity index (χ1) is 16.5. The molecule has 0 radical (unpaired) electrons. The molecule has 0 amide bonds. The topological polar surface area (TPSA) is 103 Å². The summed E-state index contributed by atoms with van der Waals surface area (Å²) in [5.41, 5.74) is 4.08. The number of carboxylic acid groups (broad SMARTS) is 1. The summed E-state index contributed by atoms with van der Waals surface area (Å²) in [6.07, 6.45) is 13.1. The van der Waals surface area contributed by atoms with Gasteiger partial charge in [-0.05, 0) is 73.3 Å². The molecule has 0 spiro atoms. The van der Waals surface area contributed by atoms with E-state index >= 15 is 4.39 Å². The van der Waals surface area contributed by atoms with Crippen LogP contribution >= 0.6 is 0 Å². The number of hydrogen-bond donors (Lipinski definition) is 2. The van der Waals surface area contributed by atoms with E-state index in [0.717, 1.165) is 37.7 Å². The first-order valence-corrected chi connectivity index (χ1v) is 11.7. The number of pyridine rings is 1. The number of aromatic amines is 1. The van der Waals surface area contributed by atoms with Gasteiger partial charge in [0.1, 0.15) is 17.7 Å². The van der Waals surface area contributed by atoms with Crippen molar-refractivity contribution in [2.24, 2.45) is 11.8 Å². The van der Waals surface area contributed by atoms with Crippen molar-refractivity contribution < 1.29 is 14.3 Å². The molecule has 1 fully saturated rings. The smallest absolute Gasteiger partial charge is 0.303 e. The SMILES string of the molecule is N#Cc1cnc2nc(-c3ccc(C4C=CC(C5CCC(CC(=O)O)CC5)=CC4)cc3F)[nH]c2c1. The number of benzene rings is 1. The number of nitrogens with one attached hydrogen (secondary N) is 1. The van der Waals surface area contributed by atoms with Gasteiger partial charge in [0.05, 0.1) is 16.6 Å². The summed E-state index contributed by atoms with van der Waals surface area (Å²) < 4.78 is 15.0. The molecule has 1 atom stereocenters. The number of H-pyrrole nitrogens is 1. The number of carbonyl (C=O) groups is 1. The monoisotopic (exact) mass is 456 g/mol. The number of halogens is 1. The van der Waals surface area contributed by atoms with Crippen molar-refractivity contribution in [1.29, 1.82) is 5.26 Å². The molecule has 0 bridgehead atoms. The fourth-order valence-electron chi connectivity index (χ4n) is 5.18. The van der Waals surface area contributed by atoms with Crippen LogP contribution in [-0.4, -0.2) is 26.0 Å². The van der Waals surface area contributed by atoms with E-state index in [1.54, 1.807) is 18.2 Å². The van der Waals surface area contributed by atoms with Gasteiger partial charge < -0.3 is 10.1 Å². The van der Waals surface area contributed by atoms with Gasteiger partial charge >= 0.3 is 5.97 Å². The van der Waals surface area contributed by atoms with Gasteiger partial charge in [-0.1, -0.05) is 24.3 Å². The average Bonchev–Trinajstić information content (AvgIpc) is 3.27. The summed E-state index contributed by atoms with van der Waals surface area (Å²) in [7, 11) is 0. The quantitative estimate of drug-likeness (QED) is 0.499. The molecule has 2 N–H and O–H groups in total. The zero-order valence-electron chi connectivity index (χ0n) is 18.7. The maximum Gasteiger partial charge on any atom is 0.303 e. The minimum Gasteiger partial charge on any atom is -0.481 e. The summed E-state index contributed by atoms with van der Waals surface area (Å²) in [6.45, 7) is 0. The first-order valence-electron chi connectivity index (χ1n) is 11.7. The van der Waals surface area contributed by atoms with E-state index < -0.39 is 5.97 Å². The van der Waals surface area contributed by atoms with Crippen LogP contribution in [0, 0.1) is 29.0 Å². The van der Waals surface area contributed by atoms with Crippen LogP contribution in [0.4, 0.5) is 4.39 Å². The molecule has 2 heterocycles. The first kappa shape index (κ1) is 22.0. The molecule has 5 rings (SSSR count). The van der Waals surface area contributed by atoms with Crippen LogP contribution in [0.1, 0.15) is 55.6 Å². The summed E-state index contributed by atoms with van der Waals surface area (Å²) in [4.78, 5) is 22.5. The second-order valence-electron chi connectivity index (χ2n) is 9.25. The highest BCUT2D eigenvalue weighted by Crippen LogP contribution is 2.38. The van der Waals surface area contributed by atoms with Gasteiger partial charge in [0.2, 0.25) is 0 Å². The number of rotatable bonds is 5. The number of nitrogens with zero attached hydrogens (tertiary/aromatic N) is 3. The van der Waals surface area contributed by atoms with Crippen LogP contribution in [-0.2, 0) is 4.79 Å². The third kappa shape index (κ3) is 4.49. The second-order valence-corrected chi connectivity index (χ2v) is 9.25. The van der Waals surface area contributed by atoms with Crippen LogP contribution in [0.2, 0.25) is 0 Å². The van der Waals surface area contributed by atoms with E-state index in [-0.39, 0.29) is 18.2 Å². The predicted octanol–water partition coefficient (Wildman–Crippen LogP) is 5.89. The summed E-state index contributed by atoms with van der Waals surface area (Å²) in [5.74, 6) is 0.243. The number of aliphatic carboxylic acids is 1. The lowest BCUT2D eigenvalue weighted by molar-refractivity contribution is -0.138. The summed E-state index contributed by atoms with van der Waals surface area (Å²) in [6, 6.07) is 8.94. The van der Waals surface area contributed by atoms with E-state index in [1.165, 1.54) is 11.8 Å². The lowest BCUT2D eigenvalue weighted by Crippen LogP contribution is -2.19. The molecule has 2 aliphatic carbocycles. The molecule has 172 valence electrons. The largest absolute Gasteiger partial charge is 0.481 e. The molecule has 7 heteroatoms. The Bertz CT molecular complexity index is 1340. The Morgan fingerprint density at radius 2 is 2.06 bits per heavy atom. The molecular weight excluding hydrogens is 431 g/mol. The zero-order chi connectivity index (χ0) is 23.7. The molecule has 0 saturated heterocycles. The summed E-state index contributed by atoms with van der Waals surface area (Å²) >= 11 is 0. The molecule has 2 aliphatic rings. The lowest BCUT2D eigenvalue weighted by Gasteiger charge is -2.30. The molecule has 1 saturated carbocycles. The van der Waals surface area contributed by atoms with Crippen molar-refractivity contribution in [1.82, 2.24) is 15.0 Å². The Labute approximate surface area is 196 Å². The highest BCUT2D eigenvalue weighted by atomic mass is 19.1. The Morgan fingerprint density at radius 3 is 2.74 bits per heavy atom. The molecule has 34 heavy (non-hydrogen) atoms. The molecule has 2 aromatic heterocycles. The van der Waals surface area contributed by atoms with E-state index in [4.69, 9.17) is 10.4 Å². The highest BCUT2D eigenvalue weighted by molar-refractivity contribution is 5.77. The van der Waals surface area contributed by atoms with Gasteiger partial charge in [-0.2, -0.15) is 5.26 Å². The number of allylic oxidation sites excluding steroid dienone is 4. The van der Waals surface area contributed by atoms with Crippen molar-refractivity contribution in [3.63, 3.8) is 0 Å². The van der Waals surface area contributed by atoms with Crippen LogP contribution < -0.4 is 0 Å². The second kappa shape index (κ2) is 9.22. The van der Waals surface area contributed by atoms with Gasteiger partial charge in [0, 0.05) is 18.5 Å². The molecule has 1 unspecified atom stereocenters. The van der Waals surface area contributed by atoms with Crippen molar-refractivity contribution in [2.75, 3.05) is 0 Å². The molecule has 6 nitrogen and oxygen atoms in total. The maximum absolute atomic E-state index is 15.0. The average molecular weight is 457 g/mol. The Morgan fingerprint density at radius 1 is 1.24 bits per heavy atom. The van der Waals surface area contributed by atoms with Crippen molar-refractivity contribution in [3.05, 3.63) is 71.2 Å². The maximum atomic E-state index is 15.0. The third-order valence-electron chi connectivity index (χ3n) is 7.05. The number of hydrogen-bond acceptors (Lipinski definition) is 4. The van der Waals surface area contributed by atoms with Crippen LogP contribution in [0.25, 0.3) is 22.6 Å². The van der Waals surface area contributed by atoms with Crippen molar-refractivity contribution >= 4 is 17.1 Å². The van der Waals surface area contributed by atoms with Crippen LogP contribution in [0.3, 0.4) is 0 Å². The van der Waals surface area contributed by atoms with E-state index in [9.17, 15) is 4.79 Å². The third-order valence-corrected chi connectivity index (χ3v) is 7.05. The fraction of sp³-hybridized carbons (Fsp3) is 0.333.